The first-order chi connectivity index (χ1) is 7.95. The Morgan fingerprint density at radius 3 is 2.71 bits per heavy atom. The molecule has 2 nitrogen and oxygen atoms in total. The highest BCUT2D eigenvalue weighted by molar-refractivity contribution is 6.31. The summed E-state index contributed by atoms with van der Waals surface area (Å²) in [4.78, 5) is 0. The molecular weight excluding hydrogens is 232 g/mol. The predicted molar refractivity (Wildman–Crippen MR) is 74.6 cm³/mol. The van der Waals surface area contributed by atoms with Crippen molar-refractivity contribution in [2.24, 2.45) is 12.8 Å². The molecule has 1 heterocycles. The zero-order valence-corrected chi connectivity index (χ0v) is 11.4. The van der Waals surface area contributed by atoms with Crippen LogP contribution in [-0.4, -0.2) is 11.1 Å². The number of fused-ring (bicyclic) bond motifs is 1. The number of rotatable bonds is 3. The lowest BCUT2D eigenvalue weighted by Gasteiger charge is -2.23. The summed E-state index contributed by atoms with van der Waals surface area (Å²) in [5.74, 6) is 0. The summed E-state index contributed by atoms with van der Waals surface area (Å²) in [6.07, 6.45) is 3.16. The van der Waals surface area contributed by atoms with Gasteiger partial charge in [0.1, 0.15) is 0 Å². The third-order valence-corrected chi connectivity index (χ3v) is 3.69. The molecule has 0 fully saturated rings. The van der Waals surface area contributed by atoms with Gasteiger partial charge >= 0.3 is 0 Å². The molecule has 0 saturated heterocycles. The van der Waals surface area contributed by atoms with Crippen molar-refractivity contribution in [3.63, 3.8) is 0 Å². The van der Waals surface area contributed by atoms with Crippen LogP contribution in [0.3, 0.4) is 0 Å². The van der Waals surface area contributed by atoms with Crippen LogP contribution in [0, 0.1) is 0 Å². The minimum absolute atomic E-state index is 0.0823. The van der Waals surface area contributed by atoms with Gasteiger partial charge in [0.15, 0.2) is 0 Å². The van der Waals surface area contributed by atoms with Gasteiger partial charge in [-0.3, -0.25) is 0 Å². The van der Waals surface area contributed by atoms with Crippen molar-refractivity contribution in [3.8, 4) is 0 Å². The summed E-state index contributed by atoms with van der Waals surface area (Å²) in [7, 11) is 2.07. The number of benzene rings is 1. The lowest BCUT2D eigenvalue weighted by molar-refractivity contribution is 0.490. The minimum Gasteiger partial charge on any atom is -0.350 e. The highest BCUT2D eigenvalue weighted by Gasteiger charge is 2.24. The van der Waals surface area contributed by atoms with Gasteiger partial charge in [0, 0.05) is 29.2 Å². The van der Waals surface area contributed by atoms with Crippen LogP contribution in [0.25, 0.3) is 10.9 Å². The van der Waals surface area contributed by atoms with Gasteiger partial charge in [0.2, 0.25) is 0 Å². The van der Waals surface area contributed by atoms with Crippen molar-refractivity contribution in [1.82, 2.24) is 4.57 Å². The fourth-order valence-electron chi connectivity index (χ4n) is 2.40. The van der Waals surface area contributed by atoms with Gasteiger partial charge in [-0.15, -0.1) is 0 Å². The van der Waals surface area contributed by atoms with E-state index in [-0.39, 0.29) is 5.41 Å². The highest BCUT2D eigenvalue weighted by Crippen LogP contribution is 2.34. The molecule has 0 radical (unpaired) electrons. The lowest BCUT2D eigenvalue weighted by Crippen LogP contribution is -2.21. The Bertz CT molecular complexity index is 540. The Morgan fingerprint density at radius 2 is 2.06 bits per heavy atom. The second-order valence-corrected chi connectivity index (χ2v) is 5.67. The maximum Gasteiger partial charge on any atom is 0.0481 e. The molecule has 17 heavy (non-hydrogen) atoms. The minimum atomic E-state index is 0.0823. The van der Waals surface area contributed by atoms with Crippen molar-refractivity contribution in [2.75, 3.05) is 6.54 Å². The summed E-state index contributed by atoms with van der Waals surface area (Å²) in [6.45, 7) is 5.16. The van der Waals surface area contributed by atoms with Gasteiger partial charge in [-0.2, -0.15) is 0 Å². The van der Waals surface area contributed by atoms with Crippen LogP contribution < -0.4 is 5.73 Å². The van der Waals surface area contributed by atoms with Gasteiger partial charge in [-0.1, -0.05) is 25.4 Å². The average molecular weight is 251 g/mol. The molecule has 1 aromatic heterocycles. The molecule has 2 rings (SSSR count). The van der Waals surface area contributed by atoms with Gasteiger partial charge in [-0.05, 0) is 42.1 Å². The number of hydrogen-bond donors (Lipinski definition) is 1. The third kappa shape index (κ3) is 2.20. The van der Waals surface area contributed by atoms with Crippen molar-refractivity contribution >= 4 is 22.5 Å². The normalized spacial score (nSPS) is 12.3. The van der Waals surface area contributed by atoms with Crippen LogP contribution in [0.4, 0.5) is 0 Å². The van der Waals surface area contributed by atoms with E-state index in [0.717, 1.165) is 11.4 Å². The quantitative estimate of drug-likeness (QED) is 0.889. The average Bonchev–Trinajstić information content (AvgIpc) is 2.56. The fraction of sp³-hybridized carbons (Fsp3) is 0.429. The first-order valence-corrected chi connectivity index (χ1v) is 6.28. The Balaban J connectivity index is 2.65. The monoisotopic (exact) mass is 250 g/mol. The summed E-state index contributed by atoms with van der Waals surface area (Å²) in [5.41, 5.74) is 8.32. The van der Waals surface area contributed by atoms with E-state index >= 15 is 0 Å². The molecule has 0 saturated carbocycles. The first kappa shape index (κ1) is 12.5. The molecule has 1 aromatic carbocycles. The number of aromatic nitrogens is 1. The first-order valence-electron chi connectivity index (χ1n) is 5.91. The summed E-state index contributed by atoms with van der Waals surface area (Å²) >= 11 is 6.09. The van der Waals surface area contributed by atoms with Crippen molar-refractivity contribution in [2.45, 2.75) is 25.7 Å². The number of nitrogens with zero attached hydrogens (tertiary/aromatic N) is 1. The van der Waals surface area contributed by atoms with Crippen molar-refractivity contribution in [1.29, 1.82) is 0 Å². The van der Waals surface area contributed by atoms with E-state index in [1.54, 1.807) is 0 Å². The zero-order valence-electron chi connectivity index (χ0n) is 10.6. The number of halogens is 1. The van der Waals surface area contributed by atoms with E-state index in [0.29, 0.717) is 6.54 Å². The molecule has 0 unspecified atom stereocenters. The molecule has 2 aromatic rings. The number of hydrogen-bond acceptors (Lipinski definition) is 1. The van der Waals surface area contributed by atoms with Crippen LogP contribution in [-0.2, 0) is 12.5 Å². The summed E-state index contributed by atoms with van der Waals surface area (Å²) in [5, 5.41) is 2.02. The number of aryl methyl sites for hydroxylation is 1. The molecule has 0 spiro atoms. The van der Waals surface area contributed by atoms with Gasteiger partial charge in [-0.25, -0.2) is 0 Å². The Kier molecular flexibility index (Phi) is 3.19. The molecule has 0 bridgehead atoms. The standard InChI is InChI=1S/C14H19ClN2/c1-14(2,6-7-16)12-9-17(3)13-5-4-10(15)8-11(12)13/h4-5,8-9H,6-7,16H2,1-3H3. The molecule has 92 valence electrons. The number of nitrogens with two attached hydrogens (primary N) is 1. The van der Waals surface area contributed by atoms with Crippen molar-refractivity contribution < 1.29 is 0 Å². The summed E-state index contributed by atoms with van der Waals surface area (Å²) in [6, 6.07) is 6.05. The second-order valence-electron chi connectivity index (χ2n) is 5.24. The van der Waals surface area contributed by atoms with Crippen LogP contribution in [0.15, 0.2) is 24.4 Å². The van der Waals surface area contributed by atoms with E-state index in [1.165, 1.54) is 16.5 Å². The van der Waals surface area contributed by atoms with Crippen LogP contribution >= 0.6 is 11.6 Å². The van der Waals surface area contributed by atoms with E-state index in [2.05, 4.69) is 37.7 Å². The van der Waals surface area contributed by atoms with E-state index < -0.39 is 0 Å². The lowest BCUT2D eigenvalue weighted by atomic mass is 9.81. The smallest absolute Gasteiger partial charge is 0.0481 e. The largest absolute Gasteiger partial charge is 0.350 e. The Morgan fingerprint density at radius 1 is 1.35 bits per heavy atom. The molecule has 0 aliphatic carbocycles. The van der Waals surface area contributed by atoms with Crippen molar-refractivity contribution in [3.05, 3.63) is 35.0 Å². The predicted octanol–water partition coefficient (Wildman–Crippen LogP) is 3.46. The fourth-order valence-corrected chi connectivity index (χ4v) is 2.57. The molecular formula is C14H19ClN2. The molecule has 3 heteroatoms. The maximum atomic E-state index is 6.09. The molecule has 0 atom stereocenters. The van der Waals surface area contributed by atoms with Crippen LogP contribution in [0.2, 0.25) is 5.02 Å². The third-order valence-electron chi connectivity index (χ3n) is 3.45. The van der Waals surface area contributed by atoms with Gasteiger partial charge in [0.05, 0.1) is 0 Å². The van der Waals surface area contributed by atoms with Gasteiger partial charge in [0.25, 0.3) is 0 Å². The Hall–Kier alpha value is -0.990. The van der Waals surface area contributed by atoms with E-state index in [9.17, 15) is 0 Å². The molecule has 0 amide bonds. The molecule has 0 aliphatic heterocycles. The SMILES string of the molecule is Cn1cc(C(C)(C)CCN)c2cc(Cl)ccc21. The van der Waals surface area contributed by atoms with Gasteiger partial charge < -0.3 is 10.3 Å². The molecule has 2 N–H and O–H groups in total. The molecule has 0 aliphatic rings. The van der Waals surface area contributed by atoms with Crippen LogP contribution in [0.5, 0.6) is 0 Å². The topological polar surface area (TPSA) is 30.9 Å². The zero-order chi connectivity index (χ0) is 12.6. The maximum absolute atomic E-state index is 6.09. The van der Waals surface area contributed by atoms with Crippen LogP contribution in [0.1, 0.15) is 25.8 Å². The van der Waals surface area contributed by atoms with E-state index in [4.69, 9.17) is 17.3 Å². The van der Waals surface area contributed by atoms with E-state index in [1.807, 2.05) is 12.1 Å². The Labute approximate surface area is 107 Å². The second kappa shape index (κ2) is 4.35. The summed E-state index contributed by atoms with van der Waals surface area (Å²) < 4.78 is 2.15. The highest BCUT2D eigenvalue weighted by atomic mass is 35.5.